The molecule has 2 saturated carbocycles. The van der Waals surface area contributed by atoms with E-state index < -0.39 is 11.5 Å². The zero-order valence-corrected chi connectivity index (χ0v) is 13.1. The molecule has 0 bridgehead atoms. The molecule has 0 aliphatic heterocycles. The Morgan fingerprint density at radius 1 is 1.20 bits per heavy atom. The predicted octanol–water partition coefficient (Wildman–Crippen LogP) is 3.69. The van der Waals surface area contributed by atoms with Crippen LogP contribution in [0.5, 0.6) is 0 Å². The molecular formula is C17H30O3. The van der Waals surface area contributed by atoms with Gasteiger partial charge in [-0.2, -0.15) is 0 Å². The summed E-state index contributed by atoms with van der Waals surface area (Å²) in [5.74, 6) is 0.610. The van der Waals surface area contributed by atoms with E-state index >= 15 is 0 Å². The van der Waals surface area contributed by atoms with Crippen molar-refractivity contribution in [3.05, 3.63) is 0 Å². The van der Waals surface area contributed by atoms with Gasteiger partial charge in [-0.3, -0.25) is 4.79 Å². The highest BCUT2D eigenvalue weighted by Gasteiger charge is 2.72. The molecule has 0 aromatic heterocycles. The minimum Gasteiger partial charge on any atom is -0.469 e. The fourth-order valence-electron chi connectivity index (χ4n) is 4.46. The van der Waals surface area contributed by atoms with Crippen molar-refractivity contribution in [1.82, 2.24) is 0 Å². The summed E-state index contributed by atoms with van der Waals surface area (Å²) >= 11 is 0. The molecule has 0 spiro atoms. The van der Waals surface area contributed by atoms with Crippen LogP contribution in [0.4, 0.5) is 0 Å². The quantitative estimate of drug-likeness (QED) is 0.545. The maximum atomic E-state index is 12.3. The molecule has 2 fully saturated rings. The van der Waals surface area contributed by atoms with Crippen molar-refractivity contribution in [2.45, 2.75) is 77.2 Å². The normalized spacial score (nSPS) is 33.4. The van der Waals surface area contributed by atoms with Crippen LogP contribution in [0.15, 0.2) is 0 Å². The minimum absolute atomic E-state index is 0.157. The lowest BCUT2D eigenvalue weighted by atomic mass is 9.89. The van der Waals surface area contributed by atoms with Gasteiger partial charge in [-0.25, -0.2) is 0 Å². The van der Waals surface area contributed by atoms with E-state index in [0.29, 0.717) is 11.8 Å². The van der Waals surface area contributed by atoms with Crippen molar-refractivity contribution in [3.63, 3.8) is 0 Å². The van der Waals surface area contributed by atoms with Gasteiger partial charge in [-0.1, -0.05) is 51.9 Å². The number of fused-ring (bicyclic) bond motifs is 1. The highest BCUT2D eigenvalue weighted by Crippen LogP contribution is 2.68. The van der Waals surface area contributed by atoms with E-state index in [4.69, 9.17) is 4.74 Å². The minimum atomic E-state index is -0.546. The number of carbonyl (C=O) groups excluding carboxylic acids is 1. The average Bonchev–Trinajstić information content (AvgIpc) is 3.16. The van der Waals surface area contributed by atoms with Crippen LogP contribution in [-0.2, 0) is 9.53 Å². The largest absolute Gasteiger partial charge is 0.469 e. The van der Waals surface area contributed by atoms with E-state index in [1.165, 1.54) is 39.2 Å². The Kier molecular flexibility index (Phi) is 5.48. The van der Waals surface area contributed by atoms with Crippen LogP contribution in [0.3, 0.4) is 0 Å². The first-order chi connectivity index (χ1) is 9.69. The third kappa shape index (κ3) is 2.74. The number of unbranched alkanes of at least 4 members (excludes halogenated alkanes) is 4. The molecule has 2 aliphatic carbocycles. The summed E-state index contributed by atoms with van der Waals surface area (Å²) in [6.07, 6.45) is 10.8. The number of carbonyl (C=O) groups is 1. The van der Waals surface area contributed by atoms with Crippen molar-refractivity contribution in [1.29, 1.82) is 0 Å². The summed E-state index contributed by atoms with van der Waals surface area (Å²) in [5, 5.41) is 10.6. The molecule has 0 heterocycles. The van der Waals surface area contributed by atoms with E-state index in [9.17, 15) is 9.90 Å². The van der Waals surface area contributed by atoms with Gasteiger partial charge in [0.25, 0.3) is 0 Å². The molecule has 2 rings (SSSR count). The molecule has 20 heavy (non-hydrogen) atoms. The second-order valence-corrected chi connectivity index (χ2v) is 6.64. The van der Waals surface area contributed by atoms with E-state index in [0.717, 1.165) is 32.1 Å². The van der Waals surface area contributed by atoms with Crippen LogP contribution in [0, 0.1) is 17.3 Å². The predicted molar refractivity (Wildman–Crippen MR) is 79.3 cm³/mol. The number of aliphatic hydroxyl groups excluding tert-OH is 1. The highest BCUT2D eigenvalue weighted by atomic mass is 16.5. The van der Waals surface area contributed by atoms with Gasteiger partial charge < -0.3 is 9.84 Å². The fourth-order valence-corrected chi connectivity index (χ4v) is 4.46. The molecule has 116 valence electrons. The maximum Gasteiger partial charge on any atom is 0.315 e. The zero-order valence-electron chi connectivity index (χ0n) is 13.1. The van der Waals surface area contributed by atoms with Crippen molar-refractivity contribution in [2.75, 3.05) is 7.11 Å². The Morgan fingerprint density at radius 3 is 2.35 bits per heavy atom. The fraction of sp³-hybridized carbons (Fsp3) is 0.941. The smallest absolute Gasteiger partial charge is 0.315 e. The van der Waals surface area contributed by atoms with Gasteiger partial charge in [0.1, 0.15) is 0 Å². The van der Waals surface area contributed by atoms with E-state index in [1.54, 1.807) is 0 Å². The molecule has 0 amide bonds. The number of hydrogen-bond donors (Lipinski definition) is 1. The first kappa shape index (κ1) is 15.8. The van der Waals surface area contributed by atoms with Gasteiger partial charge in [0.05, 0.1) is 18.6 Å². The number of ether oxygens (including phenoxy) is 1. The van der Waals surface area contributed by atoms with Crippen LogP contribution >= 0.6 is 0 Å². The summed E-state index contributed by atoms with van der Waals surface area (Å²) in [6.45, 7) is 2.20. The average molecular weight is 282 g/mol. The Bertz CT molecular complexity index is 314. The summed E-state index contributed by atoms with van der Waals surface area (Å²) in [7, 11) is 1.46. The maximum absolute atomic E-state index is 12.3. The van der Waals surface area contributed by atoms with Crippen molar-refractivity contribution in [2.24, 2.45) is 17.3 Å². The molecule has 1 N–H and O–H groups in total. The lowest BCUT2D eigenvalue weighted by molar-refractivity contribution is -0.154. The Hall–Kier alpha value is -0.570. The van der Waals surface area contributed by atoms with E-state index in [1.807, 2.05) is 0 Å². The zero-order chi connectivity index (χ0) is 14.6. The Balaban J connectivity index is 1.90. The van der Waals surface area contributed by atoms with Gasteiger partial charge in [-0.15, -0.1) is 0 Å². The van der Waals surface area contributed by atoms with Crippen LogP contribution in [0.2, 0.25) is 0 Å². The molecule has 3 atom stereocenters. The standard InChI is InChI=1S/C17H30O3/c1-3-4-5-6-7-12-15(18)17(16(19)20-2)13-10-8-9-11-14(13)17/h13-15,18H,3-12H2,1-2H3. The van der Waals surface area contributed by atoms with Crippen LogP contribution in [0.1, 0.15) is 71.1 Å². The summed E-state index contributed by atoms with van der Waals surface area (Å²) in [4.78, 5) is 12.3. The molecule has 0 radical (unpaired) electrons. The van der Waals surface area contributed by atoms with Gasteiger partial charge >= 0.3 is 5.97 Å². The van der Waals surface area contributed by atoms with Crippen LogP contribution in [-0.4, -0.2) is 24.3 Å². The number of hydrogen-bond acceptors (Lipinski definition) is 3. The van der Waals surface area contributed by atoms with Gasteiger partial charge in [-0.05, 0) is 31.1 Å². The van der Waals surface area contributed by atoms with Gasteiger partial charge in [0.2, 0.25) is 0 Å². The molecule has 0 saturated heterocycles. The second-order valence-electron chi connectivity index (χ2n) is 6.64. The van der Waals surface area contributed by atoms with Crippen molar-refractivity contribution in [3.8, 4) is 0 Å². The SMILES string of the molecule is CCCCCCCC(O)C1(C(=O)OC)C2CCCCC21. The van der Waals surface area contributed by atoms with Crippen LogP contribution in [0.25, 0.3) is 0 Å². The lowest BCUT2D eigenvalue weighted by Gasteiger charge is -2.22. The highest BCUT2D eigenvalue weighted by molar-refractivity contribution is 5.82. The Morgan fingerprint density at radius 2 is 1.80 bits per heavy atom. The molecule has 0 aromatic rings. The third-order valence-electron chi connectivity index (χ3n) is 5.56. The van der Waals surface area contributed by atoms with E-state index in [-0.39, 0.29) is 5.97 Å². The Labute approximate surface area is 123 Å². The number of esters is 1. The first-order valence-electron chi connectivity index (χ1n) is 8.46. The summed E-state index contributed by atoms with van der Waals surface area (Å²) < 4.78 is 5.04. The van der Waals surface area contributed by atoms with Crippen molar-refractivity contribution >= 4 is 5.97 Å². The number of rotatable bonds is 8. The second kappa shape index (κ2) is 6.93. The monoisotopic (exact) mass is 282 g/mol. The molecule has 2 aliphatic rings. The molecule has 3 unspecified atom stereocenters. The number of aliphatic hydroxyl groups is 1. The summed E-state index contributed by atoms with van der Waals surface area (Å²) in [6, 6.07) is 0. The molecular weight excluding hydrogens is 252 g/mol. The van der Waals surface area contributed by atoms with E-state index in [2.05, 4.69) is 6.92 Å². The topological polar surface area (TPSA) is 46.5 Å². The molecule has 0 aromatic carbocycles. The third-order valence-corrected chi connectivity index (χ3v) is 5.56. The number of methoxy groups -OCH3 is 1. The first-order valence-corrected chi connectivity index (χ1v) is 8.46. The van der Waals surface area contributed by atoms with Crippen LogP contribution < -0.4 is 0 Å². The van der Waals surface area contributed by atoms with Gasteiger partial charge in [0.15, 0.2) is 0 Å². The molecule has 3 heteroatoms. The molecule has 3 nitrogen and oxygen atoms in total. The van der Waals surface area contributed by atoms with Gasteiger partial charge in [0, 0.05) is 0 Å². The summed E-state index contributed by atoms with van der Waals surface area (Å²) in [5.41, 5.74) is -0.546. The lowest BCUT2D eigenvalue weighted by Crippen LogP contribution is -2.34. The van der Waals surface area contributed by atoms with Crippen molar-refractivity contribution < 1.29 is 14.6 Å².